The molecule has 2 heterocycles. The van der Waals surface area contributed by atoms with Gasteiger partial charge in [-0.1, -0.05) is 36.4 Å². The largest absolute Gasteiger partial charge is 0.467 e. The minimum absolute atomic E-state index is 0.0689. The molecule has 1 amide bonds. The van der Waals surface area contributed by atoms with Gasteiger partial charge in [0.25, 0.3) is 0 Å². The van der Waals surface area contributed by atoms with Gasteiger partial charge in [0.15, 0.2) is 0 Å². The third-order valence-corrected chi connectivity index (χ3v) is 5.31. The van der Waals surface area contributed by atoms with Gasteiger partial charge in [0.05, 0.1) is 13.0 Å². The van der Waals surface area contributed by atoms with Crippen LogP contribution in [0, 0.1) is 6.92 Å². The summed E-state index contributed by atoms with van der Waals surface area (Å²) in [4.78, 5) is 25.4. The van der Waals surface area contributed by atoms with Crippen LogP contribution in [-0.4, -0.2) is 28.0 Å². The average molecular weight is 425 g/mol. The van der Waals surface area contributed by atoms with E-state index in [2.05, 4.69) is 20.3 Å². The van der Waals surface area contributed by atoms with E-state index in [0.29, 0.717) is 6.01 Å². The van der Waals surface area contributed by atoms with Crippen molar-refractivity contribution < 1.29 is 9.53 Å². The van der Waals surface area contributed by atoms with Crippen LogP contribution in [0.2, 0.25) is 0 Å². The molecule has 0 aliphatic carbocycles. The van der Waals surface area contributed by atoms with Gasteiger partial charge >= 0.3 is 6.01 Å². The minimum Gasteiger partial charge on any atom is -0.467 e. The number of aromatic nitrogens is 3. The van der Waals surface area contributed by atoms with Crippen molar-refractivity contribution >= 4 is 11.6 Å². The van der Waals surface area contributed by atoms with Crippen LogP contribution in [0.1, 0.15) is 24.1 Å². The summed E-state index contributed by atoms with van der Waals surface area (Å²) in [6, 6.07) is 20.0. The van der Waals surface area contributed by atoms with Crippen molar-refractivity contribution in [1.82, 2.24) is 15.0 Å². The average Bonchev–Trinajstić information content (AvgIpc) is 2.84. The zero-order chi connectivity index (χ0) is 22.5. The number of anilines is 1. The van der Waals surface area contributed by atoms with E-state index < -0.39 is 0 Å². The number of rotatable bonds is 6. The number of nitrogens with one attached hydrogen (secondary N) is 1. The molecule has 6 nitrogen and oxygen atoms in total. The molecule has 1 N–H and O–H groups in total. The van der Waals surface area contributed by atoms with Crippen LogP contribution in [-0.2, 0) is 4.79 Å². The Balaban J connectivity index is 1.46. The lowest BCUT2D eigenvalue weighted by molar-refractivity contribution is -0.117. The molecule has 4 aromatic rings. The molecule has 32 heavy (non-hydrogen) atoms. The molecule has 160 valence electrons. The third kappa shape index (κ3) is 4.81. The quantitative estimate of drug-likeness (QED) is 0.457. The number of carbonyl (C=O) groups is 1. The molecule has 1 atom stereocenters. The van der Waals surface area contributed by atoms with Crippen molar-refractivity contribution in [2.75, 3.05) is 12.4 Å². The Morgan fingerprint density at radius 1 is 0.875 bits per heavy atom. The summed E-state index contributed by atoms with van der Waals surface area (Å²) >= 11 is 0. The molecule has 0 bridgehead atoms. The number of methoxy groups -OCH3 is 1. The topological polar surface area (TPSA) is 77.0 Å². The molecule has 0 saturated heterocycles. The summed E-state index contributed by atoms with van der Waals surface area (Å²) in [5.41, 5.74) is 6.64. The molecule has 1 unspecified atom stereocenters. The van der Waals surface area contributed by atoms with Crippen molar-refractivity contribution in [3.63, 3.8) is 0 Å². The lowest BCUT2D eigenvalue weighted by Gasteiger charge is -2.14. The van der Waals surface area contributed by atoms with E-state index in [1.165, 1.54) is 7.11 Å². The first-order valence-corrected chi connectivity index (χ1v) is 10.3. The predicted molar refractivity (Wildman–Crippen MR) is 125 cm³/mol. The van der Waals surface area contributed by atoms with Crippen LogP contribution in [0.15, 0.2) is 79.3 Å². The van der Waals surface area contributed by atoms with Crippen LogP contribution in [0.4, 0.5) is 5.69 Å². The van der Waals surface area contributed by atoms with Crippen molar-refractivity contribution in [3.05, 3.63) is 90.5 Å². The van der Waals surface area contributed by atoms with Gasteiger partial charge in [-0.15, -0.1) is 0 Å². The van der Waals surface area contributed by atoms with E-state index in [0.717, 1.165) is 39.2 Å². The second-order valence-corrected chi connectivity index (χ2v) is 7.56. The van der Waals surface area contributed by atoms with Gasteiger partial charge in [-0.25, -0.2) is 9.97 Å². The number of hydrogen-bond acceptors (Lipinski definition) is 5. The van der Waals surface area contributed by atoms with Gasteiger partial charge in [-0.2, -0.15) is 0 Å². The van der Waals surface area contributed by atoms with Crippen LogP contribution >= 0.6 is 0 Å². The van der Waals surface area contributed by atoms with E-state index in [1.54, 1.807) is 18.6 Å². The summed E-state index contributed by atoms with van der Waals surface area (Å²) < 4.78 is 5.01. The Morgan fingerprint density at radius 3 is 2.28 bits per heavy atom. The van der Waals surface area contributed by atoms with Gasteiger partial charge < -0.3 is 10.1 Å². The van der Waals surface area contributed by atoms with E-state index in [1.807, 2.05) is 74.5 Å². The number of benzene rings is 2. The third-order valence-electron chi connectivity index (χ3n) is 5.31. The molecule has 0 aliphatic heterocycles. The zero-order valence-corrected chi connectivity index (χ0v) is 18.2. The number of aryl methyl sites for hydroxylation is 1. The summed E-state index contributed by atoms with van der Waals surface area (Å²) in [6.07, 6.45) is 5.22. The highest BCUT2D eigenvalue weighted by molar-refractivity contribution is 5.96. The highest BCUT2D eigenvalue weighted by atomic mass is 16.5. The Morgan fingerprint density at radius 2 is 1.59 bits per heavy atom. The SMILES string of the molecule is COc1ncc(-c2cccc(C(C)C(=O)Nc3ccc(-c4ccnc(C)c4)cc3)c2)cn1. The maximum Gasteiger partial charge on any atom is 0.316 e. The fourth-order valence-electron chi connectivity index (χ4n) is 3.43. The van der Waals surface area contributed by atoms with Gasteiger partial charge in [-0.05, 0) is 60.4 Å². The first kappa shape index (κ1) is 21.2. The predicted octanol–water partition coefficient (Wildman–Crippen LogP) is 5.26. The fraction of sp³-hybridized carbons (Fsp3) is 0.154. The van der Waals surface area contributed by atoms with Gasteiger partial charge in [-0.3, -0.25) is 9.78 Å². The van der Waals surface area contributed by atoms with Crippen LogP contribution in [0.3, 0.4) is 0 Å². The number of carbonyl (C=O) groups excluding carboxylic acids is 1. The molecule has 0 radical (unpaired) electrons. The molecule has 2 aromatic carbocycles. The van der Waals surface area contributed by atoms with E-state index in [-0.39, 0.29) is 11.8 Å². The maximum absolute atomic E-state index is 12.9. The number of ether oxygens (including phenoxy) is 1. The standard InChI is InChI=1S/C26H24N4O2/c1-17-13-22(11-12-27-17)19-7-9-24(10-8-19)30-25(31)18(2)20-5-4-6-21(14-20)23-15-28-26(32-3)29-16-23/h4-16,18H,1-3H3,(H,30,31). The molecular weight excluding hydrogens is 400 g/mol. The fourth-order valence-corrected chi connectivity index (χ4v) is 3.43. The Hall–Kier alpha value is -4.06. The summed E-state index contributed by atoms with van der Waals surface area (Å²) in [6.45, 7) is 3.86. The maximum atomic E-state index is 12.9. The lowest BCUT2D eigenvalue weighted by Crippen LogP contribution is -2.18. The molecule has 0 spiro atoms. The first-order valence-electron chi connectivity index (χ1n) is 10.3. The smallest absolute Gasteiger partial charge is 0.316 e. The minimum atomic E-state index is -0.323. The summed E-state index contributed by atoms with van der Waals surface area (Å²) in [7, 11) is 1.53. The highest BCUT2D eigenvalue weighted by Crippen LogP contribution is 2.26. The lowest BCUT2D eigenvalue weighted by atomic mass is 9.96. The molecule has 6 heteroatoms. The molecule has 0 aliphatic rings. The van der Waals surface area contributed by atoms with Gasteiger partial charge in [0, 0.05) is 35.5 Å². The summed E-state index contributed by atoms with van der Waals surface area (Å²) in [5.74, 6) is -0.391. The first-order chi connectivity index (χ1) is 15.5. The van der Waals surface area contributed by atoms with Gasteiger partial charge in [0.1, 0.15) is 0 Å². The molecule has 4 rings (SSSR count). The Labute approximate surface area is 187 Å². The van der Waals surface area contributed by atoms with Crippen LogP contribution in [0.5, 0.6) is 6.01 Å². The zero-order valence-electron chi connectivity index (χ0n) is 18.2. The number of hydrogen-bond donors (Lipinski definition) is 1. The number of pyridine rings is 1. The van der Waals surface area contributed by atoms with E-state index in [4.69, 9.17) is 4.74 Å². The number of amides is 1. The Kier molecular flexibility index (Phi) is 6.22. The van der Waals surface area contributed by atoms with Crippen molar-refractivity contribution in [1.29, 1.82) is 0 Å². The van der Waals surface area contributed by atoms with Crippen LogP contribution in [0.25, 0.3) is 22.3 Å². The molecule has 2 aromatic heterocycles. The Bertz CT molecular complexity index is 1220. The van der Waals surface area contributed by atoms with Gasteiger partial charge in [0.2, 0.25) is 5.91 Å². The monoisotopic (exact) mass is 424 g/mol. The normalized spacial score (nSPS) is 11.6. The summed E-state index contributed by atoms with van der Waals surface area (Å²) in [5, 5.41) is 3.01. The van der Waals surface area contributed by atoms with Crippen molar-refractivity contribution in [2.24, 2.45) is 0 Å². The van der Waals surface area contributed by atoms with Crippen LogP contribution < -0.4 is 10.1 Å². The number of nitrogens with zero attached hydrogens (tertiary/aromatic N) is 3. The molecular formula is C26H24N4O2. The van der Waals surface area contributed by atoms with E-state index in [9.17, 15) is 4.79 Å². The van der Waals surface area contributed by atoms with Crippen molar-refractivity contribution in [2.45, 2.75) is 19.8 Å². The van der Waals surface area contributed by atoms with Crippen molar-refractivity contribution in [3.8, 4) is 28.3 Å². The highest BCUT2D eigenvalue weighted by Gasteiger charge is 2.16. The second kappa shape index (κ2) is 9.39. The second-order valence-electron chi connectivity index (χ2n) is 7.56. The van der Waals surface area contributed by atoms with E-state index >= 15 is 0 Å². The molecule has 0 fully saturated rings. The molecule has 0 saturated carbocycles.